The maximum atomic E-state index is 12.1. The summed E-state index contributed by atoms with van der Waals surface area (Å²) in [4.78, 5) is 30.3. The summed E-state index contributed by atoms with van der Waals surface area (Å²) in [6.45, 7) is 5.14. The van der Waals surface area contributed by atoms with Crippen molar-refractivity contribution in [3.63, 3.8) is 0 Å². The summed E-state index contributed by atoms with van der Waals surface area (Å²) in [5.41, 5.74) is 0.739. The molecule has 150 valence electrons. The van der Waals surface area contributed by atoms with Crippen molar-refractivity contribution in [2.75, 3.05) is 18.5 Å². The number of hydrogen-bond acceptors (Lipinski definition) is 5. The zero-order valence-electron chi connectivity index (χ0n) is 15.7. The van der Waals surface area contributed by atoms with E-state index in [2.05, 4.69) is 17.6 Å². The third-order valence-corrected chi connectivity index (χ3v) is 4.28. The van der Waals surface area contributed by atoms with Crippen molar-refractivity contribution in [2.45, 2.75) is 45.6 Å². The Labute approximate surface area is 158 Å². The van der Waals surface area contributed by atoms with Crippen LogP contribution in [0.25, 0.3) is 0 Å². The summed E-state index contributed by atoms with van der Waals surface area (Å²) in [5, 5.41) is 21.1. The number of benzene rings is 1. The van der Waals surface area contributed by atoms with E-state index in [1.54, 1.807) is 0 Å². The highest BCUT2D eigenvalue weighted by Crippen LogP contribution is 2.24. The zero-order valence-corrected chi connectivity index (χ0v) is 15.7. The highest BCUT2D eigenvalue weighted by Gasteiger charge is 2.21. The fourth-order valence-corrected chi connectivity index (χ4v) is 2.89. The zero-order chi connectivity index (χ0) is 20.2. The number of amides is 1. The molecule has 2 unspecified atom stereocenters. The standard InChI is InChI=1S/C17H26N2O2.C2H2O4/c1-3-21-16-11-7-6-10-15(16)19-17(20)12-18-14-9-5-4-8-13(14)2;3-1(4)2(5)6/h6-7,10-11,13-14,18H,3-5,8-9,12H2,1-2H3,(H,19,20);(H,3,4)(H,5,6). The quantitative estimate of drug-likeness (QED) is 0.558. The molecule has 1 aliphatic carbocycles. The number of carboxylic acid groups (broad SMARTS) is 2. The fraction of sp³-hybridized carbons (Fsp3) is 0.526. The van der Waals surface area contributed by atoms with Gasteiger partial charge >= 0.3 is 11.9 Å². The van der Waals surface area contributed by atoms with Crippen LogP contribution in [-0.2, 0) is 14.4 Å². The molecule has 8 nitrogen and oxygen atoms in total. The topological polar surface area (TPSA) is 125 Å². The number of para-hydroxylation sites is 2. The largest absolute Gasteiger partial charge is 0.492 e. The van der Waals surface area contributed by atoms with E-state index in [4.69, 9.17) is 24.5 Å². The molecule has 1 aliphatic rings. The Morgan fingerprint density at radius 3 is 2.33 bits per heavy atom. The van der Waals surface area contributed by atoms with E-state index in [9.17, 15) is 4.79 Å². The van der Waals surface area contributed by atoms with Gasteiger partial charge in [-0.05, 0) is 37.8 Å². The molecule has 27 heavy (non-hydrogen) atoms. The Bertz CT molecular complexity index is 622. The molecule has 1 fully saturated rings. The van der Waals surface area contributed by atoms with Crippen molar-refractivity contribution in [2.24, 2.45) is 5.92 Å². The molecule has 0 aromatic heterocycles. The lowest BCUT2D eigenvalue weighted by Crippen LogP contribution is -2.41. The highest BCUT2D eigenvalue weighted by molar-refractivity contribution is 6.27. The fourth-order valence-electron chi connectivity index (χ4n) is 2.89. The minimum atomic E-state index is -1.82. The Morgan fingerprint density at radius 2 is 1.74 bits per heavy atom. The van der Waals surface area contributed by atoms with E-state index in [1.165, 1.54) is 25.7 Å². The third kappa shape index (κ3) is 8.54. The maximum Gasteiger partial charge on any atom is 0.414 e. The molecule has 0 aliphatic heterocycles. The van der Waals surface area contributed by atoms with Gasteiger partial charge < -0.3 is 25.6 Å². The van der Waals surface area contributed by atoms with Gasteiger partial charge in [-0.3, -0.25) is 4.79 Å². The normalized spacial score (nSPS) is 18.6. The van der Waals surface area contributed by atoms with Crippen molar-refractivity contribution in [1.82, 2.24) is 5.32 Å². The highest BCUT2D eigenvalue weighted by atomic mass is 16.5. The maximum absolute atomic E-state index is 12.1. The molecular formula is C19H28N2O6. The first kappa shape index (κ1) is 22.4. The predicted molar refractivity (Wildman–Crippen MR) is 101 cm³/mol. The number of hydrogen-bond donors (Lipinski definition) is 4. The number of carbonyl (C=O) groups is 3. The molecule has 0 bridgehead atoms. The van der Waals surface area contributed by atoms with Gasteiger partial charge in [-0.2, -0.15) is 0 Å². The van der Waals surface area contributed by atoms with E-state index < -0.39 is 11.9 Å². The van der Waals surface area contributed by atoms with Gasteiger partial charge in [-0.15, -0.1) is 0 Å². The van der Waals surface area contributed by atoms with Crippen LogP contribution in [0.4, 0.5) is 5.69 Å². The van der Waals surface area contributed by atoms with Crippen molar-refractivity contribution in [1.29, 1.82) is 0 Å². The number of anilines is 1. The number of aliphatic carboxylic acids is 2. The molecule has 0 spiro atoms. The average Bonchev–Trinajstić information content (AvgIpc) is 2.63. The number of nitrogens with one attached hydrogen (secondary N) is 2. The van der Waals surface area contributed by atoms with Gasteiger partial charge in [0.1, 0.15) is 5.75 Å². The van der Waals surface area contributed by atoms with Crippen LogP contribution < -0.4 is 15.4 Å². The Kier molecular flexibility index (Phi) is 9.89. The molecular weight excluding hydrogens is 352 g/mol. The first-order valence-corrected chi connectivity index (χ1v) is 9.06. The minimum Gasteiger partial charge on any atom is -0.492 e. The smallest absolute Gasteiger partial charge is 0.414 e. The van der Waals surface area contributed by atoms with Crippen LogP contribution in [0, 0.1) is 5.92 Å². The van der Waals surface area contributed by atoms with Crippen LogP contribution in [0.2, 0.25) is 0 Å². The molecule has 1 saturated carbocycles. The number of carbonyl (C=O) groups excluding carboxylic acids is 1. The molecule has 2 atom stereocenters. The second-order valence-corrected chi connectivity index (χ2v) is 6.34. The van der Waals surface area contributed by atoms with E-state index in [0.29, 0.717) is 25.1 Å². The number of carboxylic acids is 2. The molecule has 0 saturated heterocycles. The van der Waals surface area contributed by atoms with Crippen LogP contribution in [0.1, 0.15) is 39.5 Å². The Balaban J connectivity index is 0.000000527. The van der Waals surface area contributed by atoms with E-state index in [-0.39, 0.29) is 5.91 Å². The number of rotatable bonds is 6. The first-order chi connectivity index (χ1) is 12.8. The van der Waals surface area contributed by atoms with Crippen molar-refractivity contribution < 1.29 is 29.3 Å². The molecule has 0 heterocycles. The minimum absolute atomic E-state index is 0.0140. The Morgan fingerprint density at radius 1 is 1.11 bits per heavy atom. The monoisotopic (exact) mass is 380 g/mol. The average molecular weight is 380 g/mol. The predicted octanol–water partition coefficient (Wildman–Crippen LogP) is 2.35. The second kappa shape index (κ2) is 11.9. The summed E-state index contributed by atoms with van der Waals surface area (Å²) in [6.07, 6.45) is 5.00. The molecule has 1 aromatic rings. The summed E-state index contributed by atoms with van der Waals surface area (Å²) >= 11 is 0. The molecule has 8 heteroatoms. The summed E-state index contributed by atoms with van der Waals surface area (Å²) in [5.74, 6) is -2.29. The van der Waals surface area contributed by atoms with Gasteiger partial charge in [0.2, 0.25) is 5.91 Å². The van der Waals surface area contributed by atoms with Crippen molar-refractivity contribution >= 4 is 23.5 Å². The van der Waals surface area contributed by atoms with Crippen LogP contribution in [0.3, 0.4) is 0 Å². The Hall–Kier alpha value is -2.61. The van der Waals surface area contributed by atoms with Crippen LogP contribution in [0.5, 0.6) is 5.75 Å². The third-order valence-electron chi connectivity index (χ3n) is 4.28. The van der Waals surface area contributed by atoms with Gasteiger partial charge in [0.25, 0.3) is 0 Å². The number of ether oxygens (including phenoxy) is 1. The van der Waals surface area contributed by atoms with E-state index in [1.807, 2.05) is 31.2 Å². The lowest BCUT2D eigenvalue weighted by Gasteiger charge is -2.29. The molecule has 2 rings (SSSR count). The van der Waals surface area contributed by atoms with Gasteiger partial charge in [0, 0.05) is 6.04 Å². The first-order valence-electron chi connectivity index (χ1n) is 9.06. The van der Waals surface area contributed by atoms with Crippen LogP contribution >= 0.6 is 0 Å². The summed E-state index contributed by atoms with van der Waals surface area (Å²) in [7, 11) is 0. The molecule has 0 radical (unpaired) electrons. The van der Waals surface area contributed by atoms with E-state index in [0.717, 1.165) is 11.4 Å². The van der Waals surface area contributed by atoms with Crippen molar-refractivity contribution in [3.05, 3.63) is 24.3 Å². The lowest BCUT2D eigenvalue weighted by molar-refractivity contribution is -0.159. The summed E-state index contributed by atoms with van der Waals surface area (Å²) in [6, 6.07) is 8.01. The summed E-state index contributed by atoms with van der Waals surface area (Å²) < 4.78 is 5.51. The van der Waals surface area contributed by atoms with Gasteiger partial charge in [0.05, 0.1) is 18.8 Å². The second-order valence-electron chi connectivity index (χ2n) is 6.34. The molecule has 1 amide bonds. The van der Waals surface area contributed by atoms with Gasteiger partial charge in [-0.25, -0.2) is 9.59 Å². The van der Waals surface area contributed by atoms with Crippen LogP contribution in [-0.4, -0.2) is 47.3 Å². The SMILES string of the molecule is CCOc1ccccc1NC(=O)CNC1CCCCC1C.O=C(O)C(=O)O. The van der Waals surface area contributed by atoms with Gasteiger partial charge in [-0.1, -0.05) is 31.9 Å². The van der Waals surface area contributed by atoms with Gasteiger partial charge in [0.15, 0.2) is 0 Å². The van der Waals surface area contributed by atoms with E-state index >= 15 is 0 Å². The lowest BCUT2D eigenvalue weighted by atomic mass is 9.86. The van der Waals surface area contributed by atoms with Crippen molar-refractivity contribution in [3.8, 4) is 5.75 Å². The molecule has 1 aromatic carbocycles. The van der Waals surface area contributed by atoms with Crippen LogP contribution in [0.15, 0.2) is 24.3 Å². The molecule has 4 N–H and O–H groups in total.